The highest BCUT2D eigenvalue weighted by Crippen LogP contribution is 2.33. The summed E-state index contributed by atoms with van der Waals surface area (Å²) in [5.41, 5.74) is -0.819. The van der Waals surface area contributed by atoms with Gasteiger partial charge in [-0.2, -0.15) is 0 Å². The van der Waals surface area contributed by atoms with E-state index in [4.69, 9.17) is 4.74 Å². The Labute approximate surface area is 122 Å². The molecule has 1 atom stereocenters. The van der Waals surface area contributed by atoms with Crippen LogP contribution in [0.25, 0.3) is 0 Å². The molecule has 0 unspecified atom stereocenters. The smallest absolute Gasteiger partial charge is 0.311 e. The van der Waals surface area contributed by atoms with Crippen LogP contribution in [0.2, 0.25) is 0 Å². The summed E-state index contributed by atoms with van der Waals surface area (Å²) in [5.74, 6) is -2.00. The van der Waals surface area contributed by atoms with Gasteiger partial charge in [-0.1, -0.05) is 6.07 Å². The minimum atomic E-state index is -0.950. The lowest BCUT2D eigenvalue weighted by atomic mass is 9.90. The van der Waals surface area contributed by atoms with Crippen LogP contribution in [0.15, 0.2) is 18.2 Å². The van der Waals surface area contributed by atoms with Gasteiger partial charge in [0.05, 0.1) is 17.6 Å². The average molecular weight is 295 g/mol. The van der Waals surface area contributed by atoms with Gasteiger partial charge in [0.2, 0.25) is 0 Å². The van der Waals surface area contributed by atoms with Gasteiger partial charge < -0.3 is 14.7 Å². The molecule has 1 aromatic carbocycles. The maximum Gasteiger partial charge on any atom is 0.311 e. The van der Waals surface area contributed by atoms with E-state index in [1.807, 2.05) is 0 Å². The van der Waals surface area contributed by atoms with Crippen LogP contribution < -0.4 is 4.74 Å². The second-order valence-electron chi connectivity index (χ2n) is 5.39. The van der Waals surface area contributed by atoms with Gasteiger partial charge in [0.25, 0.3) is 5.91 Å². The SMILES string of the molecule is CCOc1c(F)cccc1C(=O)N1CC[C@](C)(C(=O)O)C1. The highest BCUT2D eigenvalue weighted by atomic mass is 19.1. The van der Waals surface area contributed by atoms with Crippen LogP contribution in [0, 0.1) is 11.2 Å². The van der Waals surface area contributed by atoms with Gasteiger partial charge in [-0.25, -0.2) is 4.39 Å². The van der Waals surface area contributed by atoms with E-state index < -0.39 is 23.1 Å². The molecule has 1 heterocycles. The molecule has 1 N–H and O–H groups in total. The molecule has 2 rings (SSSR count). The summed E-state index contributed by atoms with van der Waals surface area (Å²) in [6.07, 6.45) is 0.382. The van der Waals surface area contributed by atoms with Gasteiger partial charge in [0, 0.05) is 13.1 Å². The normalized spacial score (nSPS) is 21.4. The fraction of sp³-hybridized carbons (Fsp3) is 0.467. The fourth-order valence-electron chi connectivity index (χ4n) is 2.45. The molecular weight excluding hydrogens is 277 g/mol. The summed E-state index contributed by atoms with van der Waals surface area (Å²) in [4.78, 5) is 25.2. The second-order valence-corrected chi connectivity index (χ2v) is 5.39. The lowest BCUT2D eigenvalue weighted by molar-refractivity contribution is -0.147. The third kappa shape index (κ3) is 2.84. The molecule has 0 saturated carbocycles. The molecule has 1 amide bonds. The number of rotatable bonds is 4. The standard InChI is InChI=1S/C15H18FNO4/c1-3-21-12-10(5-4-6-11(12)16)13(18)17-8-7-15(2,9-17)14(19)20/h4-6H,3,7-9H2,1-2H3,(H,19,20)/t15-/m0/s1. The first kappa shape index (κ1) is 15.3. The van der Waals surface area contributed by atoms with Gasteiger partial charge in [0.15, 0.2) is 11.6 Å². The molecule has 5 nitrogen and oxygen atoms in total. The first-order valence-electron chi connectivity index (χ1n) is 6.83. The van der Waals surface area contributed by atoms with E-state index in [9.17, 15) is 19.1 Å². The highest BCUT2D eigenvalue weighted by molar-refractivity contribution is 5.97. The number of likely N-dealkylation sites (tertiary alicyclic amines) is 1. The van der Waals surface area contributed by atoms with Crippen molar-refractivity contribution in [3.05, 3.63) is 29.6 Å². The molecule has 1 aliphatic heterocycles. The van der Waals surface area contributed by atoms with Gasteiger partial charge in [-0.15, -0.1) is 0 Å². The Bertz CT molecular complexity index is 575. The van der Waals surface area contributed by atoms with Crippen LogP contribution in [0.4, 0.5) is 4.39 Å². The molecule has 0 bridgehead atoms. The first-order valence-corrected chi connectivity index (χ1v) is 6.83. The largest absolute Gasteiger partial charge is 0.490 e. The number of carboxylic acid groups (broad SMARTS) is 1. The quantitative estimate of drug-likeness (QED) is 0.924. The Kier molecular flexibility index (Phi) is 4.16. The monoisotopic (exact) mass is 295 g/mol. The molecule has 0 aliphatic carbocycles. The van der Waals surface area contributed by atoms with Crippen molar-refractivity contribution in [2.45, 2.75) is 20.3 Å². The van der Waals surface area contributed by atoms with Crippen LogP contribution in [0.3, 0.4) is 0 Å². The van der Waals surface area contributed by atoms with E-state index in [0.717, 1.165) is 0 Å². The van der Waals surface area contributed by atoms with Crippen molar-refractivity contribution < 1.29 is 23.8 Å². The summed E-state index contributed by atoms with van der Waals surface area (Å²) in [6, 6.07) is 4.16. The zero-order valence-electron chi connectivity index (χ0n) is 12.1. The number of aliphatic carboxylic acids is 1. The third-order valence-electron chi connectivity index (χ3n) is 3.76. The number of carbonyl (C=O) groups excluding carboxylic acids is 1. The average Bonchev–Trinajstić information content (AvgIpc) is 2.84. The van der Waals surface area contributed by atoms with Crippen molar-refractivity contribution in [3.8, 4) is 5.75 Å². The van der Waals surface area contributed by atoms with E-state index >= 15 is 0 Å². The predicted molar refractivity (Wildman–Crippen MR) is 73.8 cm³/mol. The Morgan fingerprint density at radius 1 is 1.48 bits per heavy atom. The van der Waals surface area contributed by atoms with Gasteiger partial charge in [0.1, 0.15) is 0 Å². The summed E-state index contributed by atoms with van der Waals surface area (Å²) >= 11 is 0. The molecule has 1 fully saturated rings. The predicted octanol–water partition coefficient (Wildman–Crippen LogP) is 2.16. The minimum Gasteiger partial charge on any atom is -0.490 e. The number of hydrogen-bond acceptors (Lipinski definition) is 3. The molecule has 0 spiro atoms. The molecule has 21 heavy (non-hydrogen) atoms. The summed E-state index contributed by atoms with van der Waals surface area (Å²) in [6.45, 7) is 4.01. The van der Waals surface area contributed by atoms with Crippen LogP contribution >= 0.6 is 0 Å². The van der Waals surface area contributed by atoms with Gasteiger partial charge in [-0.05, 0) is 32.4 Å². The minimum absolute atomic E-state index is 0.0751. The van der Waals surface area contributed by atoms with Crippen LogP contribution in [0.1, 0.15) is 30.6 Å². The number of carboxylic acids is 1. The number of benzene rings is 1. The topological polar surface area (TPSA) is 66.8 Å². The Morgan fingerprint density at radius 2 is 2.19 bits per heavy atom. The number of hydrogen-bond donors (Lipinski definition) is 1. The lowest BCUT2D eigenvalue weighted by Gasteiger charge is -2.21. The van der Waals surface area contributed by atoms with E-state index in [1.54, 1.807) is 13.8 Å². The lowest BCUT2D eigenvalue weighted by Crippen LogP contribution is -2.35. The van der Waals surface area contributed by atoms with Crippen molar-refractivity contribution in [2.75, 3.05) is 19.7 Å². The molecule has 0 aromatic heterocycles. The van der Waals surface area contributed by atoms with E-state index in [2.05, 4.69) is 0 Å². The van der Waals surface area contributed by atoms with Crippen LogP contribution in [-0.4, -0.2) is 41.6 Å². The van der Waals surface area contributed by atoms with E-state index in [-0.39, 0.29) is 24.5 Å². The van der Waals surface area contributed by atoms with Crippen molar-refractivity contribution in [1.82, 2.24) is 4.90 Å². The van der Waals surface area contributed by atoms with Crippen LogP contribution in [0.5, 0.6) is 5.75 Å². The number of ether oxygens (including phenoxy) is 1. The van der Waals surface area contributed by atoms with E-state index in [0.29, 0.717) is 13.0 Å². The van der Waals surface area contributed by atoms with Crippen LogP contribution in [-0.2, 0) is 4.79 Å². The Hall–Kier alpha value is -2.11. The second kappa shape index (κ2) is 5.71. The fourth-order valence-corrected chi connectivity index (χ4v) is 2.45. The number of carbonyl (C=O) groups is 2. The van der Waals surface area contributed by atoms with E-state index in [1.165, 1.54) is 23.1 Å². The molecule has 1 aromatic rings. The maximum absolute atomic E-state index is 13.8. The zero-order chi connectivity index (χ0) is 15.6. The third-order valence-corrected chi connectivity index (χ3v) is 3.76. The van der Waals surface area contributed by atoms with Crippen molar-refractivity contribution >= 4 is 11.9 Å². The van der Waals surface area contributed by atoms with Crippen molar-refractivity contribution in [3.63, 3.8) is 0 Å². The summed E-state index contributed by atoms with van der Waals surface area (Å²) < 4.78 is 19.0. The molecule has 0 radical (unpaired) electrons. The summed E-state index contributed by atoms with van der Waals surface area (Å²) in [7, 11) is 0. The molecular formula is C15H18FNO4. The van der Waals surface area contributed by atoms with Gasteiger partial charge >= 0.3 is 5.97 Å². The number of nitrogens with zero attached hydrogens (tertiary/aromatic N) is 1. The number of para-hydroxylation sites is 1. The molecule has 1 aliphatic rings. The first-order chi connectivity index (χ1) is 9.89. The zero-order valence-corrected chi connectivity index (χ0v) is 12.1. The van der Waals surface area contributed by atoms with Crippen molar-refractivity contribution in [2.24, 2.45) is 5.41 Å². The molecule has 1 saturated heterocycles. The highest BCUT2D eigenvalue weighted by Gasteiger charge is 2.42. The molecule has 114 valence electrons. The Balaban J connectivity index is 2.26. The number of halogens is 1. The Morgan fingerprint density at radius 3 is 2.76 bits per heavy atom. The maximum atomic E-state index is 13.8. The molecule has 6 heteroatoms. The summed E-state index contributed by atoms with van der Waals surface area (Å²) in [5, 5.41) is 9.20. The number of amides is 1. The van der Waals surface area contributed by atoms with Gasteiger partial charge in [-0.3, -0.25) is 9.59 Å². The van der Waals surface area contributed by atoms with Crippen molar-refractivity contribution in [1.29, 1.82) is 0 Å².